The Balaban J connectivity index is 1.94. The van der Waals surface area contributed by atoms with Gasteiger partial charge < -0.3 is 19.5 Å². The highest BCUT2D eigenvalue weighted by molar-refractivity contribution is 7.16. The second-order valence-electron chi connectivity index (χ2n) is 5.06. The van der Waals surface area contributed by atoms with E-state index < -0.39 is 0 Å². The van der Waals surface area contributed by atoms with Crippen LogP contribution in [0.3, 0.4) is 0 Å². The van der Waals surface area contributed by atoms with Crippen molar-refractivity contribution in [1.82, 2.24) is 5.32 Å². The van der Waals surface area contributed by atoms with Crippen LogP contribution in [0.2, 0.25) is 4.34 Å². The first kappa shape index (κ1) is 19.3. The summed E-state index contributed by atoms with van der Waals surface area (Å²) in [5.74, 6) is 1.04. The van der Waals surface area contributed by atoms with Crippen LogP contribution in [0.5, 0.6) is 11.5 Å². The number of amides is 1. The number of benzene rings is 1. The van der Waals surface area contributed by atoms with Gasteiger partial charge in [-0.05, 0) is 35.9 Å². The molecule has 0 saturated carbocycles. The quantitative estimate of drug-likeness (QED) is 0.704. The molecule has 1 amide bonds. The molecule has 7 heteroatoms. The van der Waals surface area contributed by atoms with Gasteiger partial charge in [0.25, 0.3) is 0 Å². The summed E-state index contributed by atoms with van der Waals surface area (Å²) in [6.45, 7) is 0.364. The van der Waals surface area contributed by atoms with E-state index in [0.29, 0.717) is 22.4 Å². The Morgan fingerprint density at radius 1 is 1.20 bits per heavy atom. The standard InChI is InChI=1S/C18H20ClNO4S/c1-22-13-6-4-12(10-14(13)23-2)5-9-18(21)20-11-15(24-3)16-7-8-17(19)25-16/h4-10,15H,11H2,1-3H3,(H,20,21)/b9-5+/t15-/m1/s1. The van der Waals surface area contributed by atoms with E-state index in [1.807, 2.05) is 18.2 Å². The Hall–Kier alpha value is -2.02. The van der Waals surface area contributed by atoms with Crippen molar-refractivity contribution in [3.05, 3.63) is 51.2 Å². The minimum absolute atomic E-state index is 0.209. The lowest BCUT2D eigenvalue weighted by atomic mass is 10.2. The van der Waals surface area contributed by atoms with Gasteiger partial charge in [0.2, 0.25) is 5.91 Å². The van der Waals surface area contributed by atoms with Crippen LogP contribution >= 0.6 is 22.9 Å². The van der Waals surface area contributed by atoms with E-state index >= 15 is 0 Å². The maximum atomic E-state index is 12.0. The molecule has 0 aliphatic rings. The van der Waals surface area contributed by atoms with Gasteiger partial charge in [0.1, 0.15) is 6.10 Å². The highest BCUT2D eigenvalue weighted by Gasteiger charge is 2.13. The zero-order valence-electron chi connectivity index (χ0n) is 14.2. The van der Waals surface area contributed by atoms with Gasteiger partial charge in [0.05, 0.1) is 18.6 Å². The Morgan fingerprint density at radius 2 is 1.96 bits per heavy atom. The summed E-state index contributed by atoms with van der Waals surface area (Å²) in [5.41, 5.74) is 0.834. The van der Waals surface area contributed by atoms with Gasteiger partial charge in [-0.25, -0.2) is 0 Å². The van der Waals surface area contributed by atoms with Gasteiger partial charge in [0.15, 0.2) is 11.5 Å². The summed E-state index contributed by atoms with van der Waals surface area (Å²) in [5, 5.41) is 2.82. The normalized spacial score (nSPS) is 12.2. The molecule has 1 aromatic carbocycles. The van der Waals surface area contributed by atoms with Crippen molar-refractivity contribution >= 4 is 34.9 Å². The number of hydrogen-bond donors (Lipinski definition) is 1. The van der Waals surface area contributed by atoms with Crippen molar-refractivity contribution in [2.45, 2.75) is 6.10 Å². The fourth-order valence-electron chi connectivity index (χ4n) is 2.18. The molecule has 2 rings (SSSR count). The number of ether oxygens (including phenoxy) is 3. The molecule has 0 fully saturated rings. The maximum Gasteiger partial charge on any atom is 0.244 e. The third kappa shape index (κ3) is 5.49. The topological polar surface area (TPSA) is 56.8 Å². The average molecular weight is 382 g/mol. The van der Waals surface area contributed by atoms with Crippen LogP contribution in [-0.4, -0.2) is 33.8 Å². The van der Waals surface area contributed by atoms with Crippen molar-refractivity contribution in [2.75, 3.05) is 27.9 Å². The highest BCUT2D eigenvalue weighted by atomic mass is 35.5. The average Bonchev–Trinajstić information content (AvgIpc) is 3.06. The molecule has 1 aromatic heterocycles. The lowest BCUT2D eigenvalue weighted by molar-refractivity contribution is -0.117. The number of halogens is 1. The second-order valence-corrected chi connectivity index (χ2v) is 6.81. The van der Waals surface area contributed by atoms with Gasteiger partial charge >= 0.3 is 0 Å². The smallest absolute Gasteiger partial charge is 0.244 e. The van der Waals surface area contributed by atoms with Crippen LogP contribution < -0.4 is 14.8 Å². The predicted molar refractivity (Wildman–Crippen MR) is 101 cm³/mol. The van der Waals surface area contributed by atoms with Gasteiger partial charge in [-0.15, -0.1) is 11.3 Å². The van der Waals surface area contributed by atoms with Gasteiger partial charge in [-0.2, -0.15) is 0 Å². The summed E-state index contributed by atoms with van der Waals surface area (Å²) in [4.78, 5) is 13.0. The molecule has 0 aliphatic heterocycles. The molecule has 0 unspecified atom stereocenters. The minimum atomic E-state index is -0.226. The molecule has 1 atom stereocenters. The van der Waals surface area contributed by atoms with Crippen molar-refractivity contribution in [3.8, 4) is 11.5 Å². The molecule has 0 radical (unpaired) electrons. The molecule has 0 saturated heterocycles. The van der Waals surface area contributed by atoms with E-state index in [0.717, 1.165) is 10.4 Å². The fraction of sp³-hybridized carbons (Fsp3) is 0.278. The third-order valence-corrected chi connectivity index (χ3v) is 4.82. The first-order valence-electron chi connectivity index (χ1n) is 7.53. The van der Waals surface area contributed by atoms with Crippen LogP contribution in [0.15, 0.2) is 36.4 Å². The number of nitrogens with one attached hydrogen (secondary N) is 1. The first-order valence-corrected chi connectivity index (χ1v) is 8.72. The van der Waals surface area contributed by atoms with Crippen molar-refractivity contribution in [2.24, 2.45) is 0 Å². The van der Waals surface area contributed by atoms with Gasteiger partial charge in [0, 0.05) is 24.6 Å². The zero-order valence-corrected chi connectivity index (χ0v) is 15.8. The molecule has 134 valence electrons. The van der Waals surface area contributed by atoms with Crippen LogP contribution in [0.1, 0.15) is 16.5 Å². The van der Waals surface area contributed by atoms with Gasteiger partial charge in [-0.3, -0.25) is 4.79 Å². The summed E-state index contributed by atoms with van der Waals surface area (Å²) >= 11 is 7.37. The van der Waals surface area contributed by atoms with Crippen molar-refractivity contribution in [3.63, 3.8) is 0 Å². The van der Waals surface area contributed by atoms with E-state index in [2.05, 4.69) is 5.32 Å². The SMILES string of the molecule is COc1ccc(/C=C/C(=O)NC[C@@H](OC)c2ccc(Cl)s2)cc1OC. The van der Waals surface area contributed by atoms with Crippen LogP contribution in [0.25, 0.3) is 6.08 Å². The van der Waals surface area contributed by atoms with Crippen molar-refractivity contribution in [1.29, 1.82) is 0 Å². The molecule has 5 nitrogen and oxygen atoms in total. The number of hydrogen-bond acceptors (Lipinski definition) is 5. The number of rotatable bonds is 8. The number of thiophene rings is 1. The number of carbonyl (C=O) groups is 1. The Kier molecular flexibility index (Phi) is 7.31. The van der Waals surface area contributed by atoms with E-state index in [1.54, 1.807) is 39.5 Å². The van der Waals surface area contributed by atoms with Crippen LogP contribution in [0.4, 0.5) is 0 Å². The largest absolute Gasteiger partial charge is 0.493 e. The Labute approximate surface area is 156 Å². The molecule has 0 spiro atoms. The summed E-state index contributed by atoms with van der Waals surface area (Å²) in [6.07, 6.45) is 2.95. The molecule has 0 bridgehead atoms. The third-order valence-electron chi connectivity index (χ3n) is 3.49. The molecule has 0 aliphatic carbocycles. The number of methoxy groups -OCH3 is 3. The molecule has 25 heavy (non-hydrogen) atoms. The van der Waals surface area contributed by atoms with E-state index in [1.165, 1.54) is 17.4 Å². The lowest BCUT2D eigenvalue weighted by Gasteiger charge is -2.13. The molecule has 2 aromatic rings. The molecule has 1 heterocycles. The Bertz CT molecular complexity index is 744. The molecular weight excluding hydrogens is 362 g/mol. The first-order chi connectivity index (χ1) is 12.1. The summed E-state index contributed by atoms with van der Waals surface area (Å²) in [7, 11) is 4.75. The van der Waals surface area contributed by atoms with Gasteiger partial charge in [-0.1, -0.05) is 17.7 Å². The summed E-state index contributed by atoms with van der Waals surface area (Å²) < 4.78 is 16.5. The minimum Gasteiger partial charge on any atom is -0.493 e. The van der Waals surface area contributed by atoms with Crippen molar-refractivity contribution < 1.29 is 19.0 Å². The highest BCUT2D eigenvalue weighted by Crippen LogP contribution is 2.29. The maximum absolute atomic E-state index is 12.0. The zero-order chi connectivity index (χ0) is 18.2. The monoisotopic (exact) mass is 381 g/mol. The fourth-order valence-corrected chi connectivity index (χ4v) is 3.32. The van der Waals surface area contributed by atoms with Crippen LogP contribution in [0, 0.1) is 0 Å². The van der Waals surface area contributed by atoms with Crippen LogP contribution in [-0.2, 0) is 9.53 Å². The van der Waals surface area contributed by atoms with E-state index in [9.17, 15) is 4.79 Å². The second kappa shape index (κ2) is 9.46. The van der Waals surface area contributed by atoms with E-state index in [4.69, 9.17) is 25.8 Å². The molecular formula is C18H20ClNO4S. The number of carbonyl (C=O) groups excluding carboxylic acids is 1. The Morgan fingerprint density at radius 3 is 2.56 bits per heavy atom. The predicted octanol–water partition coefficient (Wildman–Crippen LogP) is 3.94. The lowest BCUT2D eigenvalue weighted by Crippen LogP contribution is -2.27. The summed E-state index contributed by atoms with van der Waals surface area (Å²) in [6, 6.07) is 9.14. The molecule has 1 N–H and O–H groups in total. The van der Waals surface area contributed by atoms with E-state index in [-0.39, 0.29) is 12.0 Å².